The Morgan fingerprint density at radius 2 is 2.08 bits per heavy atom. The number of amides is 1. The van der Waals surface area contributed by atoms with Crippen LogP contribution in [0.4, 0.5) is 13.2 Å². The Morgan fingerprint density at radius 3 is 2.71 bits per heavy atom. The maximum Gasteiger partial charge on any atom is 0.408 e. The molecule has 1 aliphatic rings. The zero-order valence-corrected chi connectivity index (χ0v) is 14.4. The summed E-state index contributed by atoms with van der Waals surface area (Å²) >= 11 is 0. The maximum absolute atomic E-state index is 12.5. The number of aryl methyl sites for hydroxylation is 1. The lowest BCUT2D eigenvalue weighted by Gasteiger charge is -2.29. The number of hydrogen-bond acceptors (Lipinski definition) is 3. The van der Waals surface area contributed by atoms with Crippen molar-refractivity contribution < 1.29 is 18.0 Å². The van der Waals surface area contributed by atoms with Crippen LogP contribution in [0.2, 0.25) is 0 Å². The monoisotopic (exact) mass is 346 g/mol. The predicted molar refractivity (Wildman–Crippen MR) is 84.7 cm³/mol. The summed E-state index contributed by atoms with van der Waals surface area (Å²) in [5, 5.41) is 6.83. The zero-order chi connectivity index (χ0) is 17.9. The third-order valence-electron chi connectivity index (χ3n) is 4.51. The third kappa shape index (κ3) is 5.22. The highest BCUT2D eigenvalue weighted by Gasteiger charge is 2.30. The SMILES string of the molecule is Cc1nn(CC(F)(F)F)c(C)c1CC(=O)NCC1CCCN(C)C1. The normalized spacial score (nSPS) is 19.5. The van der Waals surface area contributed by atoms with Gasteiger partial charge in [-0.2, -0.15) is 18.3 Å². The number of carbonyl (C=O) groups is 1. The highest BCUT2D eigenvalue weighted by atomic mass is 19.4. The van der Waals surface area contributed by atoms with Gasteiger partial charge in [-0.1, -0.05) is 0 Å². The third-order valence-corrected chi connectivity index (χ3v) is 4.51. The van der Waals surface area contributed by atoms with E-state index in [1.165, 1.54) is 0 Å². The standard InChI is InChI=1S/C16H25F3N4O/c1-11-14(12(2)23(21-11)10-16(17,18)19)7-15(24)20-8-13-5-4-6-22(3)9-13/h13H,4-10H2,1-3H3,(H,20,24). The van der Waals surface area contributed by atoms with Crippen molar-refractivity contribution in [2.45, 2.75) is 45.8 Å². The van der Waals surface area contributed by atoms with Crippen molar-refractivity contribution in [3.8, 4) is 0 Å². The summed E-state index contributed by atoms with van der Waals surface area (Å²) in [7, 11) is 2.07. The summed E-state index contributed by atoms with van der Waals surface area (Å²) in [6, 6.07) is 0. The zero-order valence-electron chi connectivity index (χ0n) is 14.4. The lowest BCUT2D eigenvalue weighted by Crippen LogP contribution is -2.39. The van der Waals surface area contributed by atoms with E-state index in [2.05, 4.69) is 22.4 Å². The highest BCUT2D eigenvalue weighted by Crippen LogP contribution is 2.21. The average Bonchev–Trinajstić information content (AvgIpc) is 2.71. The van der Waals surface area contributed by atoms with Crippen molar-refractivity contribution in [2.24, 2.45) is 5.92 Å². The van der Waals surface area contributed by atoms with E-state index in [9.17, 15) is 18.0 Å². The molecule has 8 heteroatoms. The first-order chi connectivity index (χ1) is 11.2. The Balaban J connectivity index is 1.91. The van der Waals surface area contributed by atoms with Crippen molar-refractivity contribution in [1.82, 2.24) is 20.0 Å². The van der Waals surface area contributed by atoms with E-state index in [1.54, 1.807) is 13.8 Å². The number of carbonyl (C=O) groups excluding carboxylic acids is 1. The molecule has 0 bridgehead atoms. The molecule has 0 spiro atoms. The van der Waals surface area contributed by atoms with Gasteiger partial charge in [0, 0.05) is 24.3 Å². The van der Waals surface area contributed by atoms with Gasteiger partial charge in [-0.05, 0) is 46.2 Å². The van der Waals surface area contributed by atoms with Gasteiger partial charge in [0.1, 0.15) is 6.54 Å². The Bertz CT molecular complexity index is 583. The summed E-state index contributed by atoms with van der Waals surface area (Å²) in [6.07, 6.45) is -2.04. The van der Waals surface area contributed by atoms with Crippen LogP contribution in [-0.2, 0) is 17.8 Å². The quantitative estimate of drug-likeness (QED) is 0.888. The molecule has 0 saturated carbocycles. The van der Waals surface area contributed by atoms with Crippen molar-refractivity contribution in [2.75, 3.05) is 26.7 Å². The van der Waals surface area contributed by atoms with Crippen molar-refractivity contribution in [3.05, 3.63) is 17.0 Å². The Hall–Kier alpha value is -1.57. The molecular weight excluding hydrogens is 321 g/mol. The van der Waals surface area contributed by atoms with Gasteiger partial charge in [0.2, 0.25) is 5.91 Å². The van der Waals surface area contributed by atoms with Crippen LogP contribution in [-0.4, -0.2) is 53.4 Å². The lowest BCUT2D eigenvalue weighted by atomic mass is 9.98. The van der Waals surface area contributed by atoms with E-state index in [0.29, 0.717) is 29.4 Å². The van der Waals surface area contributed by atoms with Crippen LogP contribution in [0.3, 0.4) is 0 Å². The van der Waals surface area contributed by atoms with E-state index in [-0.39, 0.29) is 12.3 Å². The number of halogens is 3. The Labute approximate surface area is 140 Å². The Morgan fingerprint density at radius 1 is 1.38 bits per heavy atom. The molecule has 5 nitrogen and oxygen atoms in total. The van der Waals surface area contributed by atoms with Crippen molar-refractivity contribution in [1.29, 1.82) is 0 Å². The molecule has 1 N–H and O–H groups in total. The summed E-state index contributed by atoms with van der Waals surface area (Å²) in [5.41, 5.74) is 1.46. The van der Waals surface area contributed by atoms with Crippen LogP contribution in [0, 0.1) is 19.8 Å². The second-order valence-electron chi connectivity index (χ2n) is 6.67. The van der Waals surface area contributed by atoms with Crippen LogP contribution in [0.1, 0.15) is 29.8 Å². The molecule has 2 heterocycles. The molecule has 1 atom stereocenters. The molecule has 0 aromatic carbocycles. The molecule has 1 fully saturated rings. The van der Waals surface area contributed by atoms with Gasteiger partial charge < -0.3 is 10.2 Å². The smallest absolute Gasteiger partial charge is 0.355 e. The number of hydrogen-bond donors (Lipinski definition) is 1. The van der Waals surface area contributed by atoms with Gasteiger partial charge in [-0.3, -0.25) is 9.48 Å². The first-order valence-corrected chi connectivity index (χ1v) is 8.20. The molecule has 0 aliphatic carbocycles. The van der Waals surface area contributed by atoms with E-state index >= 15 is 0 Å². The van der Waals surface area contributed by atoms with Crippen LogP contribution in [0.25, 0.3) is 0 Å². The number of nitrogens with one attached hydrogen (secondary N) is 1. The van der Waals surface area contributed by atoms with Crippen molar-refractivity contribution >= 4 is 5.91 Å². The van der Waals surface area contributed by atoms with Gasteiger partial charge in [0.15, 0.2) is 0 Å². The summed E-state index contributed by atoms with van der Waals surface area (Å²) < 4.78 is 38.5. The first-order valence-electron chi connectivity index (χ1n) is 8.20. The maximum atomic E-state index is 12.5. The number of nitrogens with zero attached hydrogens (tertiary/aromatic N) is 3. The lowest BCUT2D eigenvalue weighted by molar-refractivity contribution is -0.142. The van der Waals surface area contributed by atoms with E-state index in [4.69, 9.17) is 0 Å². The molecule has 1 aliphatic heterocycles. The second kappa shape index (κ2) is 7.55. The fourth-order valence-corrected chi connectivity index (χ4v) is 3.23. The second-order valence-corrected chi connectivity index (χ2v) is 6.67. The number of aromatic nitrogens is 2. The molecule has 0 radical (unpaired) electrons. The molecule has 1 aromatic rings. The molecule has 1 saturated heterocycles. The van der Waals surface area contributed by atoms with Crippen LogP contribution in [0.5, 0.6) is 0 Å². The van der Waals surface area contributed by atoms with Gasteiger partial charge in [0.25, 0.3) is 0 Å². The predicted octanol–water partition coefficient (Wildman–Crippen LogP) is 2.06. The van der Waals surface area contributed by atoms with Crippen molar-refractivity contribution in [3.63, 3.8) is 0 Å². The largest absolute Gasteiger partial charge is 0.408 e. The van der Waals surface area contributed by atoms with Gasteiger partial charge in [-0.15, -0.1) is 0 Å². The van der Waals surface area contributed by atoms with Crippen LogP contribution in [0.15, 0.2) is 0 Å². The molecule has 136 valence electrons. The summed E-state index contributed by atoms with van der Waals surface area (Å²) in [6.45, 7) is 4.74. The number of alkyl halides is 3. The number of likely N-dealkylation sites (tertiary alicyclic amines) is 1. The molecule has 1 amide bonds. The van der Waals surface area contributed by atoms with E-state index in [0.717, 1.165) is 30.6 Å². The molecule has 2 rings (SSSR count). The topological polar surface area (TPSA) is 50.2 Å². The van der Waals surface area contributed by atoms with Gasteiger partial charge >= 0.3 is 6.18 Å². The fourth-order valence-electron chi connectivity index (χ4n) is 3.23. The van der Waals surface area contributed by atoms with E-state index < -0.39 is 12.7 Å². The highest BCUT2D eigenvalue weighted by molar-refractivity contribution is 5.79. The van der Waals surface area contributed by atoms with E-state index in [1.807, 2.05) is 0 Å². The molecule has 1 unspecified atom stereocenters. The van der Waals surface area contributed by atoms with Crippen LogP contribution < -0.4 is 5.32 Å². The fraction of sp³-hybridized carbons (Fsp3) is 0.750. The van der Waals surface area contributed by atoms with Gasteiger partial charge in [0.05, 0.1) is 12.1 Å². The Kier molecular flexibility index (Phi) is 5.90. The first kappa shape index (κ1) is 18.8. The summed E-state index contributed by atoms with van der Waals surface area (Å²) in [5.74, 6) is 0.267. The van der Waals surface area contributed by atoms with Gasteiger partial charge in [-0.25, -0.2) is 0 Å². The minimum Gasteiger partial charge on any atom is -0.355 e. The molecule has 1 aromatic heterocycles. The number of rotatable bonds is 5. The molecular formula is C16H25F3N4O. The molecule has 24 heavy (non-hydrogen) atoms. The number of piperidine rings is 1. The minimum absolute atomic E-state index is 0.0675. The van der Waals surface area contributed by atoms with Crippen LogP contribution >= 0.6 is 0 Å². The average molecular weight is 346 g/mol. The minimum atomic E-state index is -4.32. The summed E-state index contributed by atoms with van der Waals surface area (Å²) in [4.78, 5) is 14.4.